The number of fused-ring (bicyclic) bond motifs is 1. The normalized spacial score (nSPS) is 16.7. The Labute approximate surface area is 158 Å². The lowest BCUT2D eigenvalue weighted by atomic mass is 10.2. The lowest BCUT2D eigenvalue weighted by molar-refractivity contribution is -0.128. The van der Waals surface area contributed by atoms with Crippen LogP contribution >= 0.6 is 0 Å². The molecule has 3 rings (SSSR count). The first-order chi connectivity index (χ1) is 12.9. The first-order valence-corrected chi connectivity index (χ1v) is 10.4. The fourth-order valence-corrected chi connectivity index (χ4v) is 3.95. The number of nitrogens with one attached hydrogen (secondary N) is 1. The molecule has 0 aliphatic carbocycles. The van der Waals surface area contributed by atoms with Crippen molar-refractivity contribution in [2.24, 2.45) is 0 Å². The fraction of sp³-hybridized carbons (Fsp3) is 0.316. The molecule has 0 spiro atoms. The summed E-state index contributed by atoms with van der Waals surface area (Å²) in [5.74, 6) is 0.761. The van der Waals surface area contributed by atoms with Crippen molar-refractivity contribution in [2.45, 2.75) is 19.1 Å². The summed E-state index contributed by atoms with van der Waals surface area (Å²) in [4.78, 5) is 12.6. The van der Waals surface area contributed by atoms with E-state index in [-0.39, 0.29) is 18.9 Å². The SMILES string of the molecule is COc1ccccc1CNC(=O)C1CCN(S(C)(=O)=O)c2ccccc2O1. The molecule has 1 unspecified atom stereocenters. The van der Waals surface area contributed by atoms with E-state index in [4.69, 9.17) is 9.47 Å². The number of para-hydroxylation sites is 3. The average Bonchev–Trinajstić information content (AvgIpc) is 2.86. The molecule has 1 aliphatic rings. The number of carbonyl (C=O) groups is 1. The molecule has 7 nitrogen and oxygen atoms in total. The van der Waals surface area contributed by atoms with Gasteiger partial charge in [-0.15, -0.1) is 0 Å². The highest BCUT2D eigenvalue weighted by Crippen LogP contribution is 2.33. The molecule has 0 aromatic heterocycles. The summed E-state index contributed by atoms with van der Waals surface area (Å²) in [5, 5.41) is 2.84. The summed E-state index contributed by atoms with van der Waals surface area (Å²) in [7, 11) is -1.90. The molecule has 2 aromatic carbocycles. The Morgan fingerprint density at radius 1 is 1.22 bits per heavy atom. The van der Waals surface area contributed by atoms with Gasteiger partial charge in [-0.2, -0.15) is 0 Å². The van der Waals surface area contributed by atoms with E-state index in [9.17, 15) is 13.2 Å². The van der Waals surface area contributed by atoms with Crippen LogP contribution in [0.25, 0.3) is 0 Å². The molecule has 0 fully saturated rings. The van der Waals surface area contributed by atoms with Crippen molar-refractivity contribution in [3.63, 3.8) is 0 Å². The quantitative estimate of drug-likeness (QED) is 0.843. The lowest BCUT2D eigenvalue weighted by Crippen LogP contribution is -2.39. The number of hydrogen-bond donors (Lipinski definition) is 1. The molecular weight excluding hydrogens is 368 g/mol. The van der Waals surface area contributed by atoms with Crippen molar-refractivity contribution in [1.29, 1.82) is 0 Å². The third kappa shape index (κ3) is 4.33. The average molecular weight is 390 g/mol. The van der Waals surface area contributed by atoms with Gasteiger partial charge in [0, 0.05) is 25.1 Å². The Morgan fingerprint density at radius 2 is 1.93 bits per heavy atom. The van der Waals surface area contributed by atoms with Crippen LogP contribution in [-0.4, -0.2) is 40.3 Å². The van der Waals surface area contributed by atoms with E-state index in [1.165, 1.54) is 4.31 Å². The standard InChI is InChI=1S/C19H22N2O5S/c1-25-16-9-5-3-7-14(16)13-20-19(22)18-11-12-21(27(2,23)24)15-8-4-6-10-17(15)26-18/h3-10,18H,11-13H2,1-2H3,(H,20,22). The van der Waals surface area contributed by atoms with Crippen LogP contribution in [0.5, 0.6) is 11.5 Å². The smallest absolute Gasteiger partial charge is 0.261 e. The van der Waals surface area contributed by atoms with Gasteiger partial charge in [-0.25, -0.2) is 8.42 Å². The van der Waals surface area contributed by atoms with Crippen molar-refractivity contribution >= 4 is 21.6 Å². The second-order valence-electron chi connectivity index (χ2n) is 6.23. The van der Waals surface area contributed by atoms with E-state index in [2.05, 4.69) is 5.32 Å². The number of hydrogen-bond acceptors (Lipinski definition) is 5. The van der Waals surface area contributed by atoms with Gasteiger partial charge in [0.2, 0.25) is 10.0 Å². The van der Waals surface area contributed by atoms with Crippen molar-refractivity contribution in [1.82, 2.24) is 5.32 Å². The zero-order chi connectivity index (χ0) is 19.4. The van der Waals surface area contributed by atoms with Gasteiger partial charge in [0.15, 0.2) is 6.10 Å². The maximum absolute atomic E-state index is 12.6. The number of benzene rings is 2. The van der Waals surface area contributed by atoms with Crippen LogP contribution in [-0.2, 0) is 21.4 Å². The Balaban J connectivity index is 1.75. The second-order valence-corrected chi connectivity index (χ2v) is 8.13. The predicted octanol–water partition coefficient (Wildman–Crippen LogP) is 1.93. The first kappa shape index (κ1) is 19.0. The minimum Gasteiger partial charge on any atom is -0.496 e. The van der Waals surface area contributed by atoms with Crippen molar-refractivity contribution < 1.29 is 22.7 Å². The molecule has 0 saturated carbocycles. The number of sulfonamides is 1. The van der Waals surface area contributed by atoms with Gasteiger partial charge in [-0.1, -0.05) is 30.3 Å². The van der Waals surface area contributed by atoms with Gasteiger partial charge in [0.05, 0.1) is 19.1 Å². The highest BCUT2D eigenvalue weighted by atomic mass is 32.2. The molecule has 1 aliphatic heterocycles. The minimum atomic E-state index is -3.47. The summed E-state index contributed by atoms with van der Waals surface area (Å²) in [6.07, 6.45) is 0.610. The zero-order valence-electron chi connectivity index (χ0n) is 15.2. The molecule has 1 N–H and O–H groups in total. The molecule has 2 aromatic rings. The Kier molecular flexibility index (Phi) is 5.55. The lowest BCUT2D eigenvalue weighted by Gasteiger charge is -2.20. The second kappa shape index (κ2) is 7.87. The van der Waals surface area contributed by atoms with Gasteiger partial charge < -0.3 is 14.8 Å². The van der Waals surface area contributed by atoms with Crippen LogP contribution in [0.2, 0.25) is 0 Å². The van der Waals surface area contributed by atoms with E-state index < -0.39 is 16.1 Å². The van der Waals surface area contributed by atoms with Crippen LogP contribution in [0.1, 0.15) is 12.0 Å². The number of anilines is 1. The number of methoxy groups -OCH3 is 1. The number of rotatable bonds is 5. The van der Waals surface area contributed by atoms with E-state index in [1.54, 1.807) is 31.4 Å². The van der Waals surface area contributed by atoms with Gasteiger partial charge in [0.25, 0.3) is 5.91 Å². The van der Waals surface area contributed by atoms with Crippen LogP contribution in [0.15, 0.2) is 48.5 Å². The Hall–Kier alpha value is -2.74. The monoisotopic (exact) mass is 390 g/mol. The van der Waals surface area contributed by atoms with Crippen molar-refractivity contribution in [3.8, 4) is 11.5 Å². The van der Waals surface area contributed by atoms with E-state index >= 15 is 0 Å². The Bertz CT molecular complexity index is 929. The maximum atomic E-state index is 12.6. The molecular formula is C19H22N2O5S. The van der Waals surface area contributed by atoms with E-state index in [0.29, 0.717) is 23.7 Å². The molecule has 1 atom stereocenters. The highest BCUT2D eigenvalue weighted by Gasteiger charge is 2.30. The Morgan fingerprint density at radius 3 is 2.67 bits per heavy atom. The summed E-state index contributed by atoms with van der Waals surface area (Å²) < 4.78 is 36.6. The molecule has 27 heavy (non-hydrogen) atoms. The van der Waals surface area contributed by atoms with Gasteiger partial charge in [0.1, 0.15) is 11.5 Å². The molecule has 144 valence electrons. The summed E-state index contributed by atoms with van der Waals surface area (Å²) >= 11 is 0. The number of ether oxygens (including phenoxy) is 2. The maximum Gasteiger partial charge on any atom is 0.261 e. The number of nitrogens with zero attached hydrogens (tertiary/aromatic N) is 1. The van der Waals surface area contributed by atoms with Crippen molar-refractivity contribution in [3.05, 3.63) is 54.1 Å². The summed E-state index contributed by atoms with van der Waals surface area (Å²) in [5.41, 5.74) is 1.29. The molecule has 0 bridgehead atoms. The molecule has 0 radical (unpaired) electrons. The van der Waals surface area contributed by atoms with Gasteiger partial charge in [-0.05, 0) is 18.2 Å². The minimum absolute atomic E-state index is 0.169. The molecule has 1 amide bonds. The third-order valence-corrected chi connectivity index (χ3v) is 5.52. The fourth-order valence-electron chi connectivity index (χ4n) is 3.00. The van der Waals surface area contributed by atoms with E-state index in [1.807, 2.05) is 24.3 Å². The van der Waals surface area contributed by atoms with Gasteiger partial charge >= 0.3 is 0 Å². The van der Waals surface area contributed by atoms with Crippen LogP contribution in [0.3, 0.4) is 0 Å². The molecule has 1 heterocycles. The summed E-state index contributed by atoms with van der Waals surface area (Å²) in [6, 6.07) is 14.2. The van der Waals surface area contributed by atoms with Crippen LogP contribution < -0.4 is 19.1 Å². The third-order valence-electron chi connectivity index (χ3n) is 4.34. The molecule has 8 heteroatoms. The van der Waals surface area contributed by atoms with Crippen molar-refractivity contribution in [2.75, 3.05) is 24.2 Å². The molecule has 0 saturated heterocycles. The number of amides is 1. The van der Waals surface area contributed by atoms with Crippen LogP contribution in [0, 0.1) is 0 Å². The highest BCUT2D eigenvalue weighted by molar-refractivity contribution is 7.92. The predicted molar refractivity (Wildman–Crippen MR) is 103 cm³/mol. The number of carbonyl (C=O) groups excluding carboxylic acids is 1. The largest absolute Gasteiger partial charge is 0.496 e. The van der Waals surface area contributed by atoms with Crippen LogP contribution in [0.4, 0.5) is 5.69 Å². The first-order valence-electron chi connectivity index (χ1n) is 8.53. The summed E-state index contributed by atoms with van der Waals surface area (Å²) in [6.45, 7) is 0.461. The zero-order valence-corrected chi connectivity index (χ0v) is 16.0. The topological polar surface area (TPSA) is 84.9 Å². The van der Waals surface area contributed by atoms with E-state index in [0.717, 1.165) is 11.8 Å². The van der Waals surface area contributed by atoms with Gasteiger partial charge in [-0.3, -0.25) is 9.10 Å².